The van der Waals surface area contributed by atoms with Crippen LogP contribution in [-0.4, -0.2) is 34.8 Å². The standard InChI is InChI=1S/C18H18FN3O2/c19-14-5-4-6-15(12-14)21-17(23)16-11-13(7-8-20-16)18(24)22-9-2-1-3-10-22/h4-8,11-12H,1-3,9-10H2,(H,21,23). The molecule has 1 N–H and O–H groups in total. The van der Waals surface area contributed by atoms with Gasteiger partial charge in [0.15, 0.2) is 0 Å². The smallest absolute Gasteiger partial charge is 0.274 e. The summed E-state index contributed by atoms with van der Waals surface area (Å²) in [7, 11) is 0. The molecule has 2 amide bonds. The maximum Gasteiger partial charge on any atom is 0.274 e. The minimum atomic E-state index is -0.478. The Morgan fingerprint density at radius 2 is 1.88 bits per heavy atom. The monoisotopic (exact) mass is 327 g/mol. The van der Waals surface area contributed by atoms with Crippen LogP contribution in [0.1, 0.15) is 40.1 Å². The van der Waals surface area contributed by atoms with Gasteiger partial charge in [-0.05, 0) is 49.6 Å². The fourth-order valence-corrected chi connectivity index (χ4v) is 2.73. The maximum absolute atomic E-state index is 13.2. The minimum Gasteiger partial charge on any atom is -0.339 e. The third-order valence-electron chi connectivity index (χ3n) is 3.97. The number of rotatable bonds is 3. The Balaban J connectivity index is 1.74. The molecule has 0 bridgehead atoms. The van der Waals surface area contributed by atoms with Crippen LogP contribution in [0.3, 0.4) is 0 Å². The molecule has 6 heteroatoms. The number of hydrogen-bond donors (Lipinski definition) is 1. The van der Waals surface area contributed by atoms with Gasteiger partial charge in [-0.1, -0.05) is 6.07 Å². The summed E-state index contributed by atoms with van der Waals surface area (Å²) in [5.41, 5.74) is 0.910. The number of anilines is 1. The lowest BCUT2D eigenvalue weighted by Crippen LogP contribution is -2.35. The molecule has 1 aromatic heterocycles. The zero-order chi connectivity index (χ0) is 16.9. The van der Waals surface area contributed by atoms with E-state index in [1.165, 1.54) is 30.5 Å². The van der Waals surface area contributed by atoms with Gasteiger partial charge in [-0.2, -0.15) is 0 Å². The summed E-state index contributed by atoms with van der Waals surface area (Å²) in [5, 5.41) is 2.58. The first kappa shape index (κ1) is 16.1. The summed E-state index contributed by atoms with van der Waals surface area (Å²) in [6.07, 6.45) is 4.59. The number of nitrogens with one attached hydrogen (secondary N) is 1. The Labute approximate surface area is 139 Å². The number of aromatic nitrogens is 1. The summed E-state index contributed by atoms with van der Waals surface area (Å²) >= 11 is 0. The van der Waals surface area contributed by atoms with E-state index in [-0.39, 0.29) is 11.6 Å². The highest BCUT2D eigenvalue weighted by Gasteiger charge is 2.19. The number of nitrogens with zero attached hydrogens (tertiary/aromatic N) is 2. The number of pyridine rings is 1. The predicted molar refractivity (Wildman–Crippen MR) is 88.3 cm³/mol. The molecule has 24 heavy (non-hydrogen) atoms. The van der Waals surface area contributed by atoms with Crippen LogP contribution >= 0.6 is 0 Å². The molecule has 0 aliphatic carbocycles. The Hall–Kier alpha value is -2.76. The fraction of sp³-hybridized carbons (Fsp3) is 0.278. The summed E-state index contributed by atoms with van der Waals surface area (Å²) < 4.78 is 13.2. The second kappa shape index (κ2) is 7.21. The van der Waals surface area contributed by atoms with Crippen molar-refractivity contribution in [2.45, 2.75) is 19.3 Å². The van der Waals surface area contributed by atoms with Crippen LogP contribution < -0.4 is 5.32 Å². The molecule has 1 aromatic carbocycles. The zero-order valence-corrected chi connectivity index (χ0v) is 13.2. The van der Waals surface area contributed by atoms with Crippen molar-refractivity contribution in [3.63, 3.8) is 0 Å². The lowest BCUT2D eigenvalue weighted by molar-refractivity contribution is 0.0724. The average molecular weight is 327 g/mol. The summed E-state index contributed by atoms with van der Waals surface area (Å²) in [5.74, 6) is -0.999. The number of amides is 2. The molecule has 1 aliphatic rings. The first-order chi connectivity index (χ1) is 11.6. The molecule has 2 heterocycles. The van der Waals surface area contributed by atoms with Gasteiger partial charge in [0.2, 0.25) is 0 Å². The number of halogens is 1. The molecule has 2 aromatic rings. The normalized spacial score (nSPS) is 14.3. The van der Waals surface area contributed by atoms with Crippen molar-refractivity contribution < 1.29 is 14.0 Å². The van der Waals surface area contributed by atoms with Gasteiger partial charge in [0.1, 0.15) is 11.5 Å². The van der Waals surface area contributed by atoms with Crippen molar-refractivity contribution in [3.05, 3.63) is 59.7 Å². The van der Waals surface area contributed by atoms with E-state index in [2.05, 4.69) is 10.3 Å². The van der Waals surface area contributed by atoms with E-state index < -0.39 is 11.7 Å². The third-order valence-corrected chi connectivity index (χ3v) is 3.97. The van der Waals surface area contributed by atoms with Gasteiger partial charge in [-0.15, -0.1) is 0 Å². The molecular weight excluding hydrogens is 309 g/mol. The third kappa shape index (κ3) is 3.76. The van der Waals surface area contributed by atoms with Crippen molar-refractivity contribution >= 4 is 17.5 Å². The van der Waals surface area contributed by atoms with Crippen molar-refractivity contribution in [1.29, 1.82) is 0 Å². The van der Waals surface area contributed by atoms with Gasteiger partial charge in [0.25, 0.3) is 11.8 Å². The highest BCUT2D eigenvalue weighted by molar-refractivity contribution is 6.04. The second-order valence-corrected chi connectivity index (χ2v) is 5.75. The van der Waals surface area contributed by atoms with Crippen LogP contribution in [-0.2, 0) is 0 Å². The minimum absolute atomic E-state index is 0.0862. The van der Waals surface area contributed by atoms with Gasteiger partial charge in [0.05, 0.1) is 0 Å². The number of carbonyl (C=O) groups excluding carboxylic acids is 2. The van der Waals surface area contributed by atoms with Crippen LogP contribution in [0.5, 0.6) is 0 Å². The quantitative estimate of drug-likeness (QED) is 0.942. The van der Waals surface area contributed by atoms with E-state index in [4.69, 9.17) is 0 Å². The second-order valence-electron chi connectivity index (χ2n) is 5.75. The van der Waals surface area contributed by atoms with Gasteiger partial charge in [0, 0.05) is 30.5 Å². The summed E-state index contributed by atoms with van der Waals surface area (Å²) in [6.45, 7) is 1.48. The molecule has 124 valence electrons. The lowest BCUT2D eigenvalue weighted by atomic mass is 10.1. The van der Waals surface area contributed by atoms with Crippen LogP contribution in [0.25, 0.3) is 0 Å². The number of hydrogen-bond acceptors (Lipinski definition) is 3. The lowest BCUT2D eigenvalue weighted by Gasteiger charge is -2.26. The SMILES string of the molecule is O=C(Nc1cccc(F)c1)c1cc(C(=O)N2CCCCC2)ccn1. The highest BCUT2D eigenvalue weighted by atomic mass is 19.1. The molecule has 0 unspecified atom stereocenters. The van der Waals surface area contributed by atoms with Crippen molar-refractivity contribution in [2.75, 3.05) is 18.4 Å². The fourth-order valence-electron chi connectivity index (χ4n) is 2.73. The molecule has 5 nitrogen and oxygen atoms in total. The van der Waals surface area contributed by atoms with E-state index in [1.807, 2.05) is 0 Å². The van der Waals surface area contributed by atoms with Crippen LogP contribution in [0.15, 0.2) is 42.6 Å². The van der Waals surface area contributed by atoms with E-state index in [1.54, 1.807) is 17.0 Å². The van der Waals surface area contributed by atoms with Gasteiger partial charge in [-0.25, -0.2) is 4.39 Å². The Morgan fingerprint density at radius 1 is 1.08 bits per heavy atom. The number of benzene rings is 1. The zero-order valence-electron chi connectivity index (χ0n) is 13.2. The van der Waals surface area contributed by atoms with Crippen molar-refractivity contribution in [2.24, 2.45) is 0 Å². The molecule has 0 radical (unpaired) electrons. The molecule has 0 atom stereocenters. The van der Waals surface area contributed by atoms with Gasteiger partial charge < -0.3 is 10.2 Å². The Kier molecular flexibility index (Phi) is 4.84. The molecule has 1 aliphatic heterocycles. The molecular formula is C18H18FN3O2. The van der Waals surface area contributed by atoms with Crippen LogP contribution in [0.2, 0.25) is 0 Å². The first-order valence-electron chi connectivity index (χ1n) is 7.96. The van der Waals surface area contributed by atoms with E-state index in [0.29, 0.717) is 11.3 Å². The first-order valence-corrected chi connectivity index (χ1v) is 7.96. The van der Waals surface area contributed by atoms with Gasteiger partial charge in [-0.3, -0.25) is 14.6 Å². The van der Waals surface area contributed by atoms with E-state index >= 15 is 0 Å². The highest BCUT2D eigenvalue weighted by Crippen LogP contribution is 2.15. The Bertz CT molecular complexity index is 757. The summed E-state index contributed by atoms with van der Waals surface area (Å²) in [4.78, 5) is 30.6. The number of piperidine rings is 1. The molecule has 1 saturated heterocycles. The molecule has 0 saturated carbocycles. The van der Waals surface area contributed by atoms with Crippen molar-refractivity contribution in [3.8, 4) is 0 Å². The predicted octanol–water partition coefficient (Wildman–Crippen LogP) is 3.10. The van der Waals surface area contributed by atoms with Crippen molar-refractivity contribution in [1.82, 2.24) is 9.88 Å². The number of carbonyl (C=O) groups is 2. The van der Waals surface area contributed by atoms with E-state index in [0.717, 1.165) is 32.4 Å². The molecule has 1 fully saturated rings. The molecule has 0 spiro atoms. The van der Waals surface area contributed by atoms with Crippen LogP contribution in [0.4, 0.5) is 10.1 Å². The average Bonchev–Trinajstić information content (AvgIpc) is 2.62. The largest absolute Gasteiger partial charge is 0.339 e. The van der Waals surface area contributed by atoms with Crippen LogP contribution in [0, 0.1) is 5.82 Å². The van der Waals surface area contributed by atoms with E-state index in [9.17, 15) is 14.0 Å². The van der Waals surface area contributed by atoms with Gasteiger partial charge >= 0.3 is 0 Å². The molecule has 3 rings (SSSR count). The summed E-state index contributed by atoms with van der Waals surface area (Å²) in [6, 6.07) is 8.70. The topological polar surface area (TPSA) is 62.3 Å². The number of likely N-dealkylation sites (tertiary alicyclic amines) is 1. The maximum atomic E-state index is 13.2. The Morgan fingerprint density at radius 3 is 2.62 bits per heavy atom.